The van der Waals surface area contributed by atoms with Crippen LogP contribution in [-0.4, -0.2) is 28.6 Å². The minimum atomic E-state index is -0.216. The van der Waals surface area contributed by atoms with Gasteiger partial charge in [-0.2, -0.15) is 0 Å². The summed E-state index contributed by atoms with van der Waals surface area (Å²) in [7, 11) is 1.59. The van der Waals surface area contributed by atoms with E-state index in [1.807, 2.05) is 29.8 Å². The molecule has 1 amide bonds. The number of amides is 1. The highest BCUT2D eigenvalue weighted by atomic mass is 19.1. The second-order valence-electron chi connectivity index (χ2n) is 7.91. The summed E-state index contributed by atoms with van der Waals surface area (Å²) in [5.74, 6) is 0.595. The Morgan fingerprint density at radius 3 is 2.87 bits per heavy atom. The first-order valence-corrected chi connectivity index (χ1v) is 10.3. The van der Waals surface area contributed by atoms with Gasteiger partial charge in [0.25, 0.3) is 5.91 Å². The van der Waals surface area contributed by atoms with Crippen molar-refractivity contribution in [2.45, 2.75) is 38.6 Å². The van der Waals surface area contributed by atoms with E-state index in [9.17, 15) is 9.18 Å². The number of hydrogen-bond acceptors (Lipinski definition) is 3. The summed E-state index contributed by atoms with van der Waals surface area (Å²) in [4.78, 5) is 17.2. The van der Waals surface area contributed by atoms with Crippen LogP contribution in [0.2, 0.25) is 0 Å². The van der Waals surface area contributed by atoms with Crippen LogP contribution in [0.3, 0.4) is 0 Å². The fourth-order valence-corrected chi connectivity index (χ4v) is 4.27. The number of ether oxygens (including phenoxy) is 1. The van der Waals surface area contributed by atoms with Crippen molar-refractivity contribution in [3.63, 3.8) is 0 Å². The maximum absolute atomic E-state index is 13.5. The molecule has 1 aliphatic carbocycles. The number of hydrogen-bond donors (Lipinski definition) is 1. The van der Waals surface area contributed by atoms with E-state index in [1.165, 1.54) is 6.07 Å². The highest BCUT2D eigenvalue weighted by Gasteiger charge is 2.29. The number of methoxy groups -OCH3 is 1. The Morgan fingerprint density at radius 2 is 2.13 bits per heavy atom. The first-order chi connectivity index (χ1) is 14.5. The van der Waals surface area contributed by atoms with E-state index >= 15 is 0 Å². The van der Waals surface area contributed by atoms with Crippen LogP contribution in [0.4, 0.5) is 4.39 Å². The summed E-state index contributed by atoms with van der Waals surface area (Å²) in [5.41, 5.74) is 3.27. The number of rotatable bonds is 6. The molecule has 5 nitrogen and oxygen atoms in total. The van der Waals surface area contributed by atoms with E-state index in [0.29, 0.717) is 17.2 Å². The molecule has 1 heterocycles. The molecule has 2 aromatic carbocycles. The molecule has 1 saturated carbocycles. The van der Waals surface area contributed by atoms with Gasteiger partial charge < -0.3 is 14.6 Å². The number of nitrogens with one attached hydrogen (secondary N) is 1. The molecule has 2 unspecified atom stereocenters. The smallest absolute Gasteiger partial charge is 0.251 e. The number of aryl methyl sites for hydroxylation is 1. The lowest BCUT2D eigenvalue weighted by Gasteiger charge is -2.21. The molecule has 0 radical (unpaired) electrons. The average molecular weight is 407 g/mol. The van der Waals surface area contributed by atoms with Gasteiger partial charge in [-0.25, -0.2) is 9.37 Å². The second-order valence-corrected chi connectivity index (χ2v) is 7.91. The number of carbonyl (C=O) groups excluding carboxylic acids is 1. The molecule has 3 aromatic rings. The Balaban J connectivity index is 1.47. The van der Waals surface area contributed by atoms with Crippen molar-refractivity contribution < 1.29 is 13.9 Å². The number of nitrogens with zero attached hydrogens (tertiary/aromatic N) is 2. The van der Waals surface area contributed by atoms with Gasteiger partial charge in [0.05, 0.1) is 24.8 Å². The fraction of sp³-hybridized carbons (Fsp3) is 0.333. The summed E-state index contributed by atoms with van der Waals surface area (Å²) >= 11 is 0. The van der Waals surface area contributed by atoms with Gasteiger partial charge in [-0.15, -0.1) is 0 Å². The van der Waals surface area contributed by atoms with E-state index < -0.39 is 0 Å². The molecule has 30 heavy (non-hydrogen) atoms. The average Bonchev–Trinajstić information content (AvgIpc) is 3.36. The predicted molar refractivity (Wildman–Crippen MR) is 114 cm³/mol. The van der Waals surface area contributed by atoms with E-state index in [-0.39, 0.29) is 17.8 Å². The standard InChI is InChI=1S/C24H26FN3O2/c1-16-14-28(15-26-16)22-10-9-19(13-23(22)30-2)24(29)27-21-8-4-6-18(21)11-17-5-3-7-20(25)12-17/h3,5,7,9-10,12-15,18,21H,4,6,8,11H2,1-2H3,(H,27,29). The fourth-order valence-electron chi connectivity index (χ4n) is 4.27. The second kappa shape index (κ2) is 8.69. The van der Waals surface area contributed by atoms with Gasteiger partial charge in [0.2, 0.25) is 0 Å². The van der Waals surface area contributed by atoms with Crippen LogP contribution in [0.25, 0.3) is 5.69 Å². The normalized spacial score (nSPS) is 18.4. The third-order valence-corrected chi connectivity index (χ3v) is 5.79. The van der Waals surface area contributed by atoms with Crippen molar-refractivity contribution in [1.82, 2.24) is 14.9 Å². The maximum atomic E-state index is 13.5. The van der Waals surface area contributed by atoms with Gasteiger partial charge in [-0.05, 0) is 68.0 Å². The molecule has 0 saturated heterocycles. The quantitative estimate of drug-likeness (QED) is 0.656. The number of halogens is 1. The Labute approximate surface area is 175 Å². The zero-order valence-corrected chi connectivity index (χ0v) is 17.3. The van der Waals surface area contributed by atoms with Crippen molar-refractivity contribution in [2.75, 3.05) is 7.11 Å². The Morgan fingerprint density at radius 1 is 1.27 bits per heavy atom. The lowest BCUT2D eigenvalue weighted by Crippen LogP contribution is -2.38. The molecule has 6 heteroatoms. The molecule has 1 aliphatic rings. The SMILES string of the molecule is COc1cc(C(=O)NC2CCCC2Cc2cccc(F)c2)ccc1-n1cnc(C)c1. The lowest BCUT2D eigenvalue weighted by molar-refractivity contribution is 0.0927. The molecular weight excluding hydrogens is 381 g/mol. The van der Waals surface area contributed by atoms with E-state index in [0.717, 1.165) is 42.6 Å². The molecular formula is C24H26FN3O2. The first kappa shape index (κ1) is 20.1. The first-order valence-electron chi connectivity index (χ1n) is 10.3. The molecule has 0 bridgehead atoms. The topological polar surface area (TPSA) is 56.1 Å². The van der Waals surface area contributed by atoms with Crippen molar-refractivity contribution in [2.24, 2.45) is 5.92 Å². The third-order valence-electron chi connectivity index (χ3n) is 5.79. The highest BCUT2D eigenvalue weighted by Crippen LogP contribution is 2.30. The third kappa shape index (κ3) is 4.37. The summed E-state index contributed by atoms with van der Waals surface area (Å²) < 4.78 is 20.9. The predicted octanol–water partition coefficient (Wildman–Crippen LogP) is 4.47. The van der Waals surface area contributed by atoms with Crippen LogP contribution in [-0.2, 0) is 6.42 Å². The summed E-state index contributed by atoms with van der Waals surface area (Å²) in [6.45, 7) is 1.92. The zero-order valence-electron chi connectivity index (χ0n) is 17.3. The summed E-state index contributed by atoms with van der Waals surface area (Å²) in [5, 5.41) is 3.19. The number of benzene rings is 2. The van der Waals surface area contributed by atoms with E-state index in [1.54, 1.807) is 37.7 Å². The number of aromatic nitrogens is 2. The minimum Gasteiger partial charge on any atom is -0.495 e. The van der Waals surface area contributed by atoms with E-state index in [2.05, 4.69) is 10.3 Å². The van der Waals surface area contributed by atoms with Gasteiger partial charge in [0.1, 0.15) is 11.6 Å². The molecule has 1 N–H and O–H groups in total. The molecule has 2 atom stereocenters. The van der Waals surface area contributed by atoms with Crippen molar-refractivity contribution >= 4 is 5.91 Å². The molecule has 4 rings (SSSR count). The zero-order chi connectivity index (χ0) is 21.1. The molecule has 156 valence electrons. The van der Waals surface area contributed by atoms with Gasteiger partial charge in [0.15, 0.2) is 0 Å². The molecule has 1 fully saturated rings. The Hall–Kier alpha value is -3.15. The Kier molecular flexibility index (Phi) is 5.84. The van der Waals surface area contributed by atoms with Gasteiger partial charge >= 0.3 is 0 Å². The van der Waals surface area contributed by atoms with Crippen LogP contribution in [0.15, 0.2) is 55.0 Å². The van der Waals surface area contributed by atoms with Crippen molar-refractivity contribution in [1.29, 1.82) is 0 Å². The van der Waals surface area contributed by atoms with Crippen LogP contribution in [0.1, 0.15) is 40.9 Å². The van der Waals surface area contributed by atoms with E-state index in [4.69, 9.17) is 4.74 Å². The van der Waals surface area contributed by atoms with Crippen molar-refractivity contribution in [3.05, 3.63) is 77.6 Å². The highest BCUT2D eigenvalue weighted by molar-refractivity contribution is 5.95. The molecule has 0 spiro atoms. The number of imidazole rings is 1. The van der Waals surface area contributed by atoms with Gasteiger partial charge in [0, 0.05) is 17.8 Å². The van der Waals surface area contributed by atoms with Gasteiger partial charge in [-0.3, -0.25) is 4.79 Å². The molecule has 1 aromatic heterocycles. The Bertz CT molecular complexity index is 1050. The molecule has 0 aliphatic heterocycles. The summed E-state index contributed by atoms with van der Waals surface area (Å²) in [6, 6.07) is 12.2. The maximum Gasteiger partial charge on any atom is 0.251 e. The number of carbonyl (C=O) groups is 1. The van der Waals surface area contributed by atoms with Crippen LogP contribution in [0.5, 0.6) is 5.75 Å². The van der Waals surface area contributed by atoms with Crippen molar-refractivity contribution in [3.8, 4) is 11.4 Å². The monoisotopic (exact) mass is 407 g/mol. The summed E-state index contributed by atoms with van der Waals surface area (Å²) in [6.07, 6.45) is 7.44. The largest absolute Gasteiger partial charge is 0.495 e. The van der Waals surface area contributed by atoms with Crippen LogP contribution in [0, 0.1) is 18.7 Å². The lowest BCUT2D eigenvalue weighted by atomic mass is 9.94. The van der Waals surface area contributed by atoms with Gasteiger partial charge in [-0.1, -0.05) is 18.6 Å². The minimum absolute atomic E-state index is 0.0859. The van der Waals surface area contributed by atoms with Crippen LogP contribution >= 0.6 is 0 Å². The van der Waals surface area contributed by atoms with Crippen LogP contribution < -0.4 is 10.1 Å².